The molecule has 2 rings (SSSR count). The molecule has 0 spiro atoms. The maximum atomic E-state index is 5.88. The number of rotatable bonds is 1. The van der Waals surface area contributed by atoms with Crippen LogP contribution in [0.2, 0.25) is 0 Å². The van der Waals surface area contributed by atoms with Crippen molar-refractivity contribution < 1.29 is 0 Å². The van der Waals surface area contributed by atoms with Crippen molar-refractivity contribution in [1.82, 2.24) is 9.97 Å². The summed E-state index contributed by atoms with van der Waals surface area (Å²) in [5.74, 6) is 1.46. The molecule has 0 radical (unpaired) electrons. The average molecular weight is 151 g/mol. The molecule has 0 aliphatic heterocycles. The molecule has 2 atom stereocenters. The summed E-state index contributed by atoms with van der Waals surface area (Å²) in [6, 6.07) is 0.272. The van der Waals surface area contributed by atoms with Gasteiger partial charge >= 0.3 is 0 Å². The van der Waals surface area contributed by atoms with Gasteiger partial charge in [-0.2, -0.15) is 0 Å². The summed E-state index contributed by atoms with van der Waals surface area (Å²) < 4.78 is 0. The second-order valence-electron chi connectivity index (χ2n) is 3.80. The Bertz CT molecular complexity index is 250. The Kier molecular flexibility index (Phi) is 1.16. The van der Waals surface area contributed by atoms with Gasteiger partial charge in [-0.25, -0.2) is 4.98 Å². The smallest absolute Gasteiger partial charge is 0.111 e. The number of nitrogens with one attached hydrogen (secondary N) is 1. The second-order valence-corrected chi connectivity index (χ2v) is 3.80. The highest BCUT2D eigenvalue weighted by Crippen LogP contribution is 2.56. The maximum Gasteiger partial charge on any atom is 0.111 e. The van der Waals surface area contributed by atoms with Crippen molar-refractivity contribution in [2.75, 3.05) is 0 Å². The Morgan fingerprint density at radius 3 is 2.64 bits per heavy atom. The lowest BCUT2D eigenvalue weighted by atomic mass is 10.1. The minimum atomic E-state index is 0.234. The molecule has 1 fully saturated rings. The van der Waals surface area contributed by atoms with Crippen LogP contribution in [0.15, 0.2) is 12.4 Å². The first-order valence-electron chi connectivity index (χ1n) is 3.89. The predicted octanol–water partition coefficient (Wildman–Crippen LogP) is 0.860. The van der Waals surface area contributed by atoms with E-state index in [0.717, 1.165) is 5.82 Å². The fraction of sp³-hybridized carbons (Fsp3) is 0.625. The number of hydrogen-bond acceptors (Lipinski definition) is 2. The van der Waals surface area contributed by atoms with Crippen LogP contribution in [0.25, 0.3) is 0 Å². The highest BCUT2D eigenvalue weighted by Gasteiger charge is 2.57. The minimum absolute atomic E-state index is 0.234. The quantitative estimate of drug-likeness (QED) is 0.625. The van der Waals surface area contributed by atoms with E-state index in [0.29, 0.717) is 5.92 Å². The summed E-state index contributed by atoms with van der Waals surface area (Å²) in [7, 11) is 0. The van der Waals surface area contributed by atoms with Crippen molar-refractivity contribution in [2.24, 2.45) is 11.1 Å². The van der Waals surface area contributed by atoms with Gasteiger partial charge in [0.2, 0.25) is 0 Å². The number of nitrogens with two attached hydrogens (primary N) is 1. The minimum Gasteiger partial charge on any atom is -0.348 e. The van der Waals surface area contributed by atoms with Crippen LogP contribution in [0, 0.1) is 5.41 Å². The molecule has 0 aromatic carbocycles. The Morgan fingerprint density at radius 2 is 2.27 bits per heavy atom. The van der Waals surface area contributed by atoms with Crippen molar-refractivity contribution in [1.29, 1.82) is 0 Å². The summed E-state index contributed by atoms with van der Waals surface area (Å²) in [5, 5.41) is 0. The topological polar surface area (TPSA) is 54.7 Å². The molecule has 3 heteroatoms. The fourth-order valence-corrected chi connectivity index (χ4v) is 1.65. The lowest BCUT2D eigenvalue weighted by molar-refractivity contribution is 0.592. The number of nitrogens with zero attached hydrogens (tertiary/aromatic N) is 1. The van der Waals surface area contributed by atoms with Crippen molar-refractivity contribution in [3.63, 3.8) is 0 Å². The van der Waals surface area contributed by atoms with Gasteiger partial charge in [-0.05, 0) is 5.41 Å². The lowest BCUT2D eigenvalue weighted by Gasteiger charge is -1.97. The zero-order chi connectivity index (χ0) is 8.06. The van der Waals surface area contributed by atoms with E-state index in [1.807, 2.05) is 6.20 Å². The molecule has 60 valence electrons. The first-order valence-corrected chi connectivity index (χ1v) is 3.89. The largest absolute Gasteiger partial charge is 0.348 e. The molecule has 3 nitrogen and oxygen atoms in total. The molecule has 11 heavy (non-hydrogen) atoms. The molecule has 1 heterocycles. The Balaban J connectivity index is 2.23. The van der Waals surface area contributed by atoms with E-state index in [-0.39, 0.29) is 11.5 Å². The third kappa shape index (κ3) is 0.807. The van der Waals surface area contributed by atoms with Gasteiger partial charge in [0.05, 0.1) is 0 Å². The van der Waals surface area contributed by atoms with Crippen LogP contribution < -0.4 is 5.73 Å². The standard InChI is InChI=1S/C8H13N3/c1-8(2)5(6(8)9)7-10-3-4-11-7/h3-6H,9H2,1-2H3,(H,10,11)/t5-,6+/m0/s1. The summed E-state index contributed by atoms with van der Waals surface area (Å²) in [6.45, 7) is 4.34. The van der Waals surface area contributed by atoms with Gasteiger partial charge in [0.1, 0.15) is 5.82 Å². The van der Waals surface area contributed by atoms with E-state index in [1.165, 1.54) is 0 Å². The van der Waals surface area contributed by atoms with Crippen molar-refractivity contribution in [3.05, 3.63) is 18.2 Å². The van der Waals surface area contributed by atoms with Crippen molar-refractivity contribution in [2.45, 2.75) is 25.8 Å². The van der Waals surface area contributed by atoms with Gasteiger partial charge in [0.25, 0.3) is 0 Å². The Labute approximate surface area is 66.0 Å². The van der Waals surface area contributed by atoms with Gasteiger partial charge in [0, 0.05) is 24.4 Å². The Hall–Kier alpha value is -0.830. The van der Waals surface area contributed by atoms with Crippen LogP contribution in [0.1, 0.15) is 25.6 Å². The second kappa shape index (κ2) is 1.85. The number of hydrogen-bond donors (Lipinski definition) is 2. The first kappa shape index (κ1) is 6.85. The zero-order valence-corrected chi connectivity index (χ0v) is 6.83. The molecule has 1 aliphatic carbocycles. The van der Waals surface area contributed by atoms with Gasteiger partial charge in [-0.3, -0.25) is 0 Å². The van der Waals surface area contributed by atoms with E-state index in [2.05, 4.69) is 23.8 Å². The van der Waals surface area contributed by atoms with Crippen LogP contribution in [-0.2, 0) is 0 Å². The SMILES string of the molecule is CC1(C)[C@H](N)[C@H]1c1ncc[nH]1. The van der Waals surface area contributed by atoms with E-state index in [9.17, 15) is 0 Å². The van der Waals surface area contributed by atoms with E-state index in [4.69, 9.17) is 5.73 Å². The van der Waals surface area contributed by atoms with E-state index < -0.39 is 0 Å². The number of H-pyrrole nitrogens is 1. The number of aromatic nitrogens is 2. The third-order valence-electron chi connectivity index (χ3n) is 2.72. The average Bonchev–Trinajstić information content (AvgIpc) is 2.40. The van der Waals surface area contributed by atoms with Gasteiger partial charge < -0.3 is 10.7 Å². The zero-order valence-electron chi connectivity index (χ0n) is 6.83. The van der Waals surface area contributed by atoms with Crippen LogP contribution in [0.3, 0.4) is 0 Å². The normalized spacial score (nSPS) is 33.7. The van der Waals surface area contributed by atoms with Crippen LogP contribution in [-0.4, -0.2) is 16.0 Å². The van der Waals surface area contributed by atoms with Crippen LogP contribution in [0.5, 0.6) is 0 Å². The molecule has 0 amide bonds. The highest BCUT2D eigenvalue weighted by molar-refractivity contribution is 5.24. The Morgan fingerprint density at radius 1 is 1.64 bits per heavy atom. The molecule has 3 N–H and O–H groups in total. The molecule has 0 unspecified atom stereocenters. The van der Waals surface area contributed by atoms with Crippen LogP contribution >= 0.6 is 0 Å². The molecule has 1 aliphatic rings. The molecular weight excluding hydrogens is 138 g/mol. The van der Waals surface area contributed by atoms with Crippen molar-refractivity contribution >= 4 is 0 Å². The molecule has 0 bridgehead atoms. The van der Waals surface area contributed by atoms with Gasteiger partial charge in [0.15, 0.2) is 0 Å². The summed E-state index contributed by atoms with van der Waals surface area (Å²) in [5.41, 5.74) is 6.11. The number of imidazole rings is 1. The summed E-state index contributed by atoms with van der Waals surface area (Å²) in [4.78, 5) is 7.28. The third-order valence-corrected chi connectivity index (χ3v) is 2.72. The maximum absolute atomic E-state index is 5.88. The summed E-state index contributed by atoms with van der Waals surface area (Å²) in [6.07, 6.45) is 3.62. The molecule has 0 saturated heterocycles. The van der Waals surface area contributed by atoms with Crippen molar-refractivity contribution in [3.8, 4) is 0 Å². The molecule has 1 aromatic heterocycles. The first-order chi connectivity index (χ1) is 5.14. The summed E-state index contributed by atoms with van der Waals surface area (Å²) >= 11 is 0. The monoisotopic (exact) mass is 151 g/mol. The fourth-order valence-electron chi connectivity index (χ4n) is 1.65. The molecular formula is C8H13N3. The van der Waals surface area contributed by atoms with E-state index >= 15 is 0 Å². The molecule has 1 aromatic rings. The van der Waals surface area contributed by atoms with E-state index in [1.54, 1.807) is 6.20 Å². The highest BCUT2D eigenvalue weighted by atomic mass is 15.0. The molecule has 1 saturated carbocycles. The number of aromatic amines is 1. The van der Waals surface area contributed by atoms with Gasteiger partial charge in [-0.15, -0.1) is 0 Å². The van der Waals surface area contributed by atoms with Crippen LogP contribution in [0.4, 0.5) is 0 Å². The lowest BCUT2D eigenvalue weighted by Crippen LogP contribution is -2.06. The van der Waals surface area contributed by atoms with Gasteiger partial charge in [-0.1, -0.05) is 13.8 Å². The predicted molar refractivity (Wildman–Crippen MR) is 43.1 cm³/mol.